The van der Waals surface area contributed by atoms with E-state index in [0.717, 1.165) is 0 Å². The van der Waals surface area contributed by atoms with E-state index < -0.39 is 39.5 Å². The number of carboxylic acid groups (broad SMARTS) is 1. The highest BCUT2D eigenvalue weighted by atomic mass is 32.2. The molecule has 0 saturated carbocycles. The Kier molecular flexibility index (Phi) is 4.44. The summed E-state index contributed by atoms with van der Waals surface area (Å²) in [5.74, 6) is -2.56. The molecule has 8 heteroatoms. The minimum Gasteiger partial charge on any atom is -0.481 e. The van der Waals surface area contributed by atoms with Gasteiger partial charge >= 0.3 is 12.1 Å². The van der Waals surface area contributed by atoms with Crippen LogP contribution in [-0.2, 0) is 19.4 Å². The fourth-order valence-corrected chi connectivity index (χ4v) is 3.52. The molecule has 1 heterocycles. The first kappa shape index (κ1) is 15.7. The second kappa shape index (κ2) is 5.36. The maximum absolute atomic E-state index is 11.6. The van der Waals surface area contributed by atoms with Crippen molar-refractivity contribution >= 4 is 21.9 Å². The van der Waals surface area contributed by atoms with Crippen LogP contribution in [0.2, 0.25) is 0 Å². The zero-order chi connectivity index (χ0) is 14.8. The van der Waals surface area contributed by atoms with Crippen LogP contribution in [0.5, 0.6) is 0 Å². The van der Waals surface area contributed by atoms with Crippen LogP contribution in [0, 0.1) is 5.92 Å². The lowest BCUT2D eigenvalue weighted by atomic mass is 9.98. The van der Waals surface area contributed by atoms with E-state index in [1.54, 1.807) is 20.8 Å². The number of carbonyl (C=O) groups is 2. The zero-order valence-corrected chi connectivity index (χ0v) is 12.0. The number of hydrogen-bond donors (Lipinski definition) is 2. The Morgan fingerprint density at radius 1 is 1.32 bits per heavy atom. The summed E-state index contributed by atoms with van der Waals surface area (Å²) in [7, 11) is -3.32. The molecule has 7 nitrogen and oxygen atoms in total. The maximum atomic E-state index is 11.6. The van der Waals surface area contributed by atoms with Crippen molar-refractivity contribution in [3.8, 4) is 0 Å². The average Bonchev–Trinajstić information content (AvgIpc) is 2.11. The standard InChI is InChI=1S/C11H19NO6S/c1-11(2,3)18-10(15)12-8-6-19(16,17)5-4-7(8)9(13)14/h7-8H,4-6H2,1-3H3,(H,12,15)(H,13,14)/t7-,8-/m1/s1. The number of amides is 1. The molecule has 1 aliphatic heterocycles. The third-order valence-electron chi connectivity index (χ3n) is 2.68. The summed E-state index contributed by atoms with van der Waals surface area (Å²) in [6.07, 6.45) is -0.807. The molecule has 1 aliphatic rings. The summed E-state index contributed by atoms with van der Waals surface area (Å²) in [6, 6.07) is -0.953. The lowest BCUT2D eigenvalue weighted by Crippen LogP contribution is -2.52. The normalized spacial score (nSPS) is 26.5. The molecule has 2 N–H and O–H groups in total. The van der Waals surface area contributed by atoms with Gasteiger partial charge in [-0.25, -0.2) is 13.2 Å². The molecule has 0 radical (unpaired) electrons. The smallest absolute Gasteiger partial charge is 0.407 e. The molecule has 1 amide bonds. The van der Waals surface area contributed by atoms with Gasteiger partial charge in [-0.2, -0.15) is 0 Å². The van der Waals surface area contributed by atoms with Gasteiger partial charge in [-0.1, -0.05) is 0 Å². The van der Waals surface area contributed by atoms with Gasteiger partial charge in [0.2, 0.25) is 0 Å². The number of carboxylic acids is 1. The molecule has 0 aromatic rings. The summed E-state index contributed by atoms with van der Waals surface area (Å²) in [4.78, 5) is 22.6. The van der Waals surface area contributed by atoms with Crippen LogP contribution in [0.1, 0.15) is 27.2 Å². The number of alkyl carbamates (subject to hydrolysis) is 1. The van der Waals surface area contributed by atoms with Gasteiger partial charge < -0.3 is 15.2 Å². The van der Waals surface area contributed by atoms with Gasteiger partial charge in [-0.15, -0.1) is 0 Å². The Labute approximate surface area is 112 Å². The van der Waals surface area contributed by atoms with E-state index in [2.05, 4.69) is 5.32 Å². The molecule has 0 spiro atoms. The largest absolute Gasteiger partial charge is 0.481 e. The first-order chi connectivity index (χ1) is 8.50. The molecule has 0 aliphatic carbocycles. The maximum Gasteiger partial charge on any atom is 0.407 e. The van der Waals surface area contributed by atoms with E-state index in [9.17, 15) is 18.0 Å². The highest BCUT2D eigenvalue weighted by Gasteiger charge is 2.38. The highest BCUT2D eigenvalue weighted by Crippen LogP contribution is 2.20. The summed E-state index contributed by atoms with van der Waals surface area (Å²) in [5.41, 5.74) is -0.726. The van der Waals surface area contributed by atoms with Crippen molar-refractivity contribution in [2.24, 2.45) is 5.92 Å². The molecule has 0 unspecified atom stereocenters. The average molecular weight is 293 g/mol. The molecule has 19 heavy (non-hydrogen) atoms. The van der Waals surface area contributed by atoms with Crippen LogP contribution in [0.3, 0.4) is 0 Å². The molecule has 1 rings (SSSR count). The summed E-state index contributed by atoms with van der Waals surface area (Å²) < 4.78 is 28.0. The number of carbonyl (C=O) groups excluding carboxylic acids is 1. The van der Waals surface area contributed by atoms with Crippen molar-refractivity contribution in [1.29, 1.82) is 0 Å². The van der Waals surface area contributed by atoms with Crippen molar-refractivity contribution < 1.29 is 27.9 Å². The molecular weight excluding hydrogens is 274 g/mol. The number of nitrogens with one attached hydrogen (secondary N) is 1. The highest BCUT2D eigenvalue weighted by molar-refractivity contribution is 7.91. The second-order valence-electron chi connectivity index (χ2n) is 5.60. The van der Waals surface area contributed by atoms with Crippen molar-refractivity contribution in [1.82, 2.24) is 5.32 Å². The number of hydrogen-bond acceptors (Lipinski definition) is 5. The molecule has 1 saturated heterocycles. The summed E-state index contributed by atoms with van der Waals surface area (Å²) >= 11 is 0. The minimum atomic E-state index is -3.32. The van der Waals surface area contributed by atoms with Gasteiger partial charge in [0.25, 0.3) is 0 Å². The van der Waals surface area contributed by atoms with E-state index in [1.807, 2.05) is 0 Å². The third kappa shape index (κ3) is 5.06. The fraction of sp³-hybridized carbons (Fsp3) is 0.818. The number of aliphatic carboxylic acids is 1. The van der Waals surface area contributed by atoms with Gasteiger partial charge in [-0.3, -0.25) is 4.79 Å². The van der Waals surface area contributed by atoms with Crippen LogP contribution < -0.4 is 5.32 Å². The first-order valence-corrected chi connectivity index (χ1v) is 7.75. The first-order valence-electron chi connectivity index (χ1n) is 5.93. The SMILES string of the molecule is CC(C)(C)OC(=O)N[C@@H]1CS(=O)(=O)CC[C@H]1C(=O)O. The van der Waals surface area contributed by atoms with Crippen LogP contribution in [0.15, 0.2) is 0 Å². The Morgan fingerprint density at radius 2 is 1.89 bits per heavy atom. The zero-order valence-electron chi connectivity index (χ0n) is 11.2. The van der Waals surface area contributed by atoms with Crippen LogP contribution >= 0.6 is 0 Å². The quantitative estimate of drug-likeness (QED) is 0.762. The Hall–Kier alpha value is -1.31. The Bertz CT molecular complexity index is 464. The van der Waals surface area contributed by atoms with Gasteiger partial charge in [0.05, 0.1) is 23.5 Å². The number of ether oxygens (including phenoxy) is 1. The van der Waals surface area contributed by atoms with E-state index in [1.165, 1.54) is 0 Å². The molecule has 1 fully saturated rings. The van der Waals surface area contributed by atoms with E-state index in [4.69, 9.17) is 9.84 Å². The third-order valence-corrected chi connectivity index (χ3v) is 4.40. The predicted molar refractivity (Wildman–Crippen MR) is 67.6 cm³/mol. The number of sulfone groups is 1. The van der Waals surface area contributed by atoms with E-state index in [-0.39, 0.29) is 17.9 Å². The number of rotatable bonds is 2. The lowest BCUT2D eigenvalue weighted by molar-refractivity contribution is -0.142. The predicted octanol–water partition coefficient (Wildman–Crippen LogP) is 0.399. The monoisotopic (exact) mass is 293 g/mol. The summed E-state index contributed by atoms with van der Waals surface area (Å²) in [5, 5.41) is 11.4. The molecule has 0 aromatic heterocycles. The van der Waals surface area contributed by atoms with Crippen LogP contribution in [0.4, 0.5) is 4.79 Å². The second-order valence-corrected chi connectivity index (χ2v) is 7.83. The molecular formula is C11H19NO6S. The van der Waals surface area contributed by atoms with Crippen molar-refractivity contribution in [3.63, 3.8) is 0 Å². The topological polar surface area (TPSA) is 110 Å². The fourth-order valence-electron chi connectivity index (χ4n) is 1.88. The van der Waals surface area contributed by atoms with Gasteiger partial charge in [0.15, 0.2) is 9.84 Å². The van der Waals surface area contributed by atoms with Crippen molar-refractivity contribution in [3.05, 3.63) is 0 Å². The van der Waals surface area contributed by atoms with Gasteiger partial charge in [-0.05, 0) is 27.2 Å². The Morgan fingerprint density at radius 3 is 2.37 bits per heavy atom. The van der Waals surface area contributed by atoms with Gasteiger partial charge in [0.1, 0.15) is 5.60 Å². The summed E-state index contributed by atoms with van der Waals surface area (Å²) in [6.45, 7) is 5.00. The van der Waals surface area contributed by atoms with Crippen molar-refractivity contribution in [2.45, 2.75) is 38.8 Å². The van der Waals surface area contributed by atoms with E-state index >= 15 is 0 Å². The Balaban J connectivity index is 2.76. The molecule has 0 aromatic carbocycles. The molecule has 0 bridgehead atoms. The molecule has 110 valence electrons. The van der Waals surface area contributed by atoms with Crippen LogP contribution in [0.25, 0.3) is 0 Å². The van der Waals surface area contributed by atoms with Gasteiger partial charge in [0, 0.05) is 0 Å². The van der Waals surface area contributed by atoms with Crippen LogP contribution in [-0.4, -0.2) is 48.7 Å². The minimum absolute atomic E-state index is 0.00185. The molecule has 2 atom stereocenters. The van der Waals surface area contributed by atoms with Crippen molar-refractivity contribution in [2.75, 3.05) is 11.5 Å². The lowest BCUT2D eigenvalue weighted by Gasteiger charge is -2.30. The van der Waals surface area contributed by atoms with E-state index in [0.29, 0.717) is 0 Å².